The van der Waals surface area contributed by atoms with Crippen LogP contribution in [0.2, 0.25) is 0 Å². The number of halogens is 1. The minimum atomic E-state index is -0.274. The smallest absolute Gasteiger partial charge is 0.324 e. The summed E-state index contributed by atoms with van der Waals surface area (Å²) in [7, 11) is 0. The summed E-state index contributed by atoms with van der Waals surface area (Å²) in [4.78, 5) is 14.0. The second-order valence-electron chi connectivity index (χ2n) is 4.37. The number of likely N-dealkylation sites (tertiary alicyclic amines) is 1. The van der Waals surface area contributed by atoms with Gasteiger partial charge in [0, 0.05) is 24.7 Å². The lowest BCUT2D eigenvalue weighted by atomic mass is 10.2. The molecule has 17 heavy (non-hydrogen) atoms. The molecular weight excluding hydrogens is 219 g/mol. The van der Waals surface area contributed by atoms with E-state index in [0.717, 1.165) is 36.8 Å². The number of carbonyl (C=O) groups is 1. The number of fused-ring (bicyclic) bond motifs is 1. The summed E-state index contributed by atoms with van der Waals surface area (Å²) in [6, 6.07) is 6.24. The minimum Gasteiger partial charge on any atom is -0.324 e. The van der Waals surface area contributed by atoms with Crippen LogP contribution in [0.25, 0.3) is 10.9 Å². The molecule has 88 valence electrons. The van der Waals surface area contributed by atoms with Gasteiger partial charge in [-0.2, -0.15) is 0 Å². The van der Waals surface area contributed by atoms with E-state index in [1.54, 1.807) is 22.9 Å². The SMILES string of the molecule is O=C(N1CCCC1)n1ccc2cc(F)ccc21. The van der Waals surface area contributed by atoms with Crippen LogP contribution in [-0.4, -0.2) is 28.6 Å². The average Bonchev–Trinajstić information content (AvgIpc) is 2.96. The van der Waals surface area contributed by atoms with Gasteiger partial charge in [0.15, 0.2) is 0 Å². The number of benzene rings is 1. The van der Waals surface area contributed by atoms with Crippen LogP contribution in [0.1, 0.15) is 12.8 Å². The first-order valence-corrected chi connectivity index (χ1v) is 5.81. The molecule has 1 aliphatic heterocycles. The van der Waals surface area contributed by atoms with Gasteiger partial charge in [-0.25, -0.2) is 9.18 Å². The van der Waals surface area contributed by atoms with Gasteiger partial charge < -0.3 is 4.90 Å². The number of aromatic nitrogens is 1. The third-order valence-electron chi connectivity index (χ3n) is 3.23. The van der Waals surface area contributed by atoms with E-state index in [0.29, 0.717) is 0 Å². The Labute approximate surface area is 98.4 Å². The van der Waals surface area contributed by atoms with Crippen LogP contribution in [0, 0.1) is 5.82 Å². The normalized spacial score (nSPS) is 15.7. The van der Waals surface area contributed by atoms with Crippen LogP contribution in [0.3, 0.4) is 0 Å². The van der Waals surface area contributed by atoms with Gasteiger partial charge in [0.05, 0.1) is 5.52 Å². The van der Waals surface area contributed by atoms with Crippen LogP contribution in [0.15, 0.2) is 30.5 Å². The van der Waals surface area contributed by atoms with Crippen molar-refractivity contribution in [2.24, 2.45) is 0 Å². The number of hydrogen-bond acceptors (Lipinski definition) is 1. The van der Waals surface area contributed by atoms with Gasteiger partial charge >= 0.3 is 6.03 Å². The molecule has 0 atom stereocenters. The van der Waals surface area contributed by atoms with Crippen molar-refractivity contribution in [1.29, 1.82) is 0 Å². The molecule has 4 heteroatoms. The Morgan fingerprint density at radius 2 is 1.94 bits per heavy atom. The fourth-order valence-corrected chi connectivity index (χ4v) is 2.34. The second-order valence-corrected chi connectivity index (χ2v) is 4.37. The van der Waals surface area contributed by atoms with E-state index in [-0.39, 0.29) is 11.8 Å². The average molecular weight is 232 g/mol. The van der Waals surface area contributed by atoms with Gasteiger partial charge in [0.2, 0.25) is 0 Å². The van der Waals surface area contributed by atoms with Crippen molar-refractivity contribution in [2.45, 2.75) is 12.8 Å². The maximum absolute atomic E-state index is 13.0. The first-order chi connectivity index (χ1) is 8.25. The van der Waals surface area contributed by atoms with Crippen molar-refractivity contribution in [2.75, 3.05) is 13.1 Å². The lowest BCUT2D eigenvalue weighted by molar-refractivity contribution is 0.211. The van der Waals surface area contributed by atoms with Crippen molar-refractivity contribution >= 4 is 16.9 Å². The molecule has 1 amide bonds. The highest BCUT2D eigenvalue weighted by Gasteiger charge is 2.20. The van der Waals surface area contributed by atoms with Gasteiger partial charge in [0.1, 0.15) is 5.82 Å². The minimum absolute atomic E-state index is 0.0101. The highest BCUT2D eigenvalue weighted by Crippen LogP contribution is 2.19. The molecular formula is C13H13FN2O. The van der Waals surface area contributed by atoms with E-state index in [4.69, 9.17) is 0 Å². The van der Waals surface area contributed by atoms with E-state index in [1.807, 2.05) is 4.90 Å². The zero-order valence-corrected chi connectivity index (χ0v) is 9.40. The van der Waals surface area contributed by atoms with Crippen molar-refractivity contribution in [3.8, 4) is 0 Å². The molecule has 3 nitrogen and oxygen atoms in total. The van der Waals surface area contributed by atoms with E-state index >= 15 is 0 Å². The molecule has 3 rings (SSSR count). The van der Waals surface area contributed by atoms with Crippen molar-refractivity contribution in [1.82, 2.24) is 9.47 Å². The Balaban J connectivity index is 2.02. The van der Waals surface area contributed by atoms with E-state index in [2.05, 4.69) is 0 Å². The summed E-state index contributed by atoms with van der Waals surface area (Å²) in [6.07, 6.45) is 3.85. The van der Waals surface area contributed by atoms with Crippen LogP contribution >= 0.6 is 0 Å². The zero-order chi connectivity index (χ0) is 11.8. The molecule has 0 N–H and O–H groups in total. The van der Waals surface area contributed by atoms with Gasteiger partial charge in [0.25, 0.3) is 0 Å². The summed E-state index contributed by atoms with van der Waals surface area (Å²) in [5.41, 5.74) is 0.767. The lowest BCUT2D eigenvalue weighted by Gasteiger charge is -2.16. The molecule has 1 fully saturated rings. The Hall–Kier alpha value is -1.84. The number of hydrogen-bond donors (Lipinski definition) is 0. The van der Waals surface area contributed by atoms with Crippen LogP contribution in [-0.2, 0) is 0 Å². The molecule has 0 aliphatic carbocycles. The molecule has 1 aliphatic rings. The second kappa shape index (κ2) is 3.87. The van der Waals surface area contributed by atoms with Crippen molar-refractivity contribution < 1.29 is 9.18 Å². The third-order valence-corrected chi connectivity index (χ3v) is 3.23. The number of amides is 1. The van der Waals surface area contributed by atoms with Crippen molar-refractivity contribution in [3.63, 3.8) is 0 Å². The summed E-state index contributed by atoms with van der Waals surface area (Å²) >= 11 is 0. The van der Waals surface area contributed by atoms with E-state index < -0.39 is 0 Å². The molecule has 1 aromatic heterocycles. The molecule has 1 aromatic carbocycles. The molecule has 2 heterocycles. The fraction of sp³-hybridized carbons (Fsp3) is 0.308. The Morgan fingerprint density at radius 3 is 2.71 bits per heavy atom. The molecule has 1 saturated heterocycles. The van der Waals surface area contributed by atoms with Crippen molar-refractivity contribution in [3.05, 3.63) is 36.3 Å². The molecule has 0 unspecified atom stereocenters. The summed E-state index contributed by atoms with van der Waals surface area (Å²) in [6.45, 7) is 1.64. The molecule has 2 aromatic rings. The fourth-order valence-electron chi connectivity index (χ4n) is 2.34. The largest absolute Gasteiger partial charge is 0.328 e. The van der Waals surface area contributed by atoms with Gasteiger partial charge in [-0.05, 0) is 37.1 Å². The Kier molecular flexibility index (Phi) is 2.35. The molecule has 0 bridgehead atoms. The predicted molar refractivity (Wildman–Crippen MR) is 63.5 cm³/mol. The van der Waals surface area contributed by atoms with E-state index in [9.17, 15) is 9.18 Å². The highest BCUT2D eigenvalue weighted by atomic mass is 19.1. The van der Waals surface area contributed by atoms with Crippen LogP contribution in [0.4, 0.5) is 9.18 Å². The topological polar surface area (TPSA) is 25.2 Å². The maximum Gasteiger partial charge on any atom is 0.328 e. The van der Waals surface area contributed by atoms with Crippen LogP contribution < -0.4 is 0 Å². The summed E-state index contributed by atoms with van der Waals surface area (Å²) in [5, 5.41) is 0.762. The van der Waals surface area contributed by atoms with Crippen LogP contribution in [0.5, 0.6) is 0 Å². The van der Waals surface area contributed by atoms with Gasteiger partial charge in [-0.3, -0.25) is 4.57 Å². The number of nitrogens with zero attached hydrogens (tertiary/aromatic N) is 2. The Bertz CT molecular complexity index is 570. The maximum atomic E-state index is 13.0. The summed E-state index contributed by atoms with van der Waals surface area (Å²) < 4.78 is 14.6. The number of carbonyl (C=O) groups excluding carboxylic acids is 1. The van der Waals surface area contributed by atoms with Gasteiger partial charge in [-0.15, -0.1) is 0 Å². The van der Waals surface area contributed by atoms with Gasteiger partial charge in [-0.1, -0.05) is 0 Å². The van der Waals surface area contributed by atoms with E-state index in [1.165, 1.54) is 12.1 Å². The summed E-state index contributed by atoms with van der Waals surface area (Å²) in [5.74, 6) is -0.274. The third kappa shape index (κ3) is 1.69. The first-order valence-electron chi connectivity index (χ1n) is 5.81. The highest BCUT2D eigenvalue weighted by molar-refractivity contribution is 5.91. The Morgan fingerprint density at radius 1 is 1.18 bits per heavy atom. The first kappa shape index (κ1) is 10.3. The molecule has 0 spiro atoms. The molecule has 0 saturated carbocycles. The molecule has 0 radical (unpaired) electrons. The predicted octanol–water partition coefficient (Wildman–Crippen LogP) is 2.84. The zero-order valence-electron chi connectivity index (χ0n) is 9.40. The standard InChI is InChI=1S/C13H13FN2O/c14-11-3-4-12-10(9-11)5-8-16(12)13(17)15-6-1-2-7-15/h3-5,8-9H,1-2,6-7H2. The monoisotopic (exact) mass is 232 g/mol. The lowest BCUT2D eigenvalue weighted by Crippen LogP contribution is -2.31. The number of rotatable bonds is 0. The quantitative estimate of drug-likeness (QED) is 0.685.